The molecule has 0 N–H and O–H groups in total. The lowest BCUT2D eigenvalue weighted by atomic mass is 9.84. The molecule has 0 atom stereocenters. The third kappa shape index (κ3) is 2.89. The van der Waals surface area contributed by atoms with Gasteiger partial charge in [0, 0.05) is 10.0 Å². The predicted octanol–water partition coefficient (Wildman–Crippen LogP) is 6.22. The van der Waals surface area contributed by atoms with Gasteiger partial charge in [-0.15, -0.1) is 0 Å². The van der Waals surface area contributed by atoms with Gasteiger partial charge in [-0.3, -0.25) is 0 Å². The standard InChI is InChI=1S/C19H14Cl2S/c20-17-10-6-15(7-11-17)19(22,14-4-2-1-3-5-14)16-8-12-18(21)13-9-16/h1-13,22H. The number of rotatable bonds is 3. The minimum Gasteiger partial charge on any atom is -0.158 e. The average molecular weight is 345 g/mol. The molecule has 3 aromatic carbocycles. The Morgan fingerprint density at radius 3 is 1.32 bits per heavy atom. The summed E-state index contributed by atoms with van der Waals surface area (Å²) in [5, 5.41) is 1.42. The molecule has 0 saturated heterocycles. The Kier molecular flexibility index (Phi) is 4.49. The van der Waals surface area contributed by atoms with Crippen molar-refractivity contribution in [3.05, 3.63) is 106 Å². The molecular weight excluding hydrogens is 331 g/mol. The monoisotopic (exact) mass is 344 g/mol. The van der Waals surface area contributed by atoms with E-state index in [-0.39, 0.29) is 0 Å². The van der Waals surface area contributed by atoms with Crippen molar-refractivity contribution < 1.29 is 0 Å². The average Bonchev–Trinajstić information content (AvgIpc) is 2.56. The van der Waals surface area contributed by atoms with Crippen LogP contribution in [0.2, 0.25) is 10.0 Å². The molecule has 0 aliphatic rings. The molecule has 0 heterocycles. The fraction of sp³-hybridized carbons (Fsp3) is 0.0526. The van der Waals surface area contributed by atoms with Crippen molar-refractivity contribution in [2.45, 2.75) is 4.75 Å². The Balaban J connectivity index is 2.22. The van der Waals surface area contributed by atoms with E-state index in [0.717, 1.165) is 16.7 Å². The maximum Gasteiger partial charge on any atom is 0.0878 e. The highest BCUT2D eigenvalue weighted by Gasteiger charge is 2.32. The summed E-state index contributed by atoms with van der Waals surface area (Å²) in [6.07, 6.45) is 0. The highest BCUT2D eigenvalue weighted by molar-refractivity contribution is 7.81. The molecular formula is C19H14Cl2S. The topological polar surface area (TPSA) is 0 Å². The maximum atomic E-state index is 6.03. The Morgan fingerprint density at radius 2 is 0.909 bits per heavy atom. The van der Waals surface area contributed by atoms with Crippen molar-refractivity contribution in [2.75, 3.05) is 0 Å². The van der Waals surface area contributed by atoms with Crippen molar-refractivity contribution in [1.82, 2.24) is 0 Å². The highest BCUT2D eigenvalue weighted by Crippen LogP contribution is 2.43. The van der Waals surface area contributed by atoms with Gasteiger partial charge in [0.2, 0.25) is 0 Å². The SMILES string of the molecule is SC(c1ccccc1)(c1ccc(Cl)cc1)c1ccc(Cl)cc1. The van der Waals surface area contributed by atoms with Gasteiger partial charge in [-0.25, -0.2) is 0 Å². The van der Waals surface area contributed by atoms with E-state index in [1.54, 1.807) is 0 Å². The van der Waals surface area contributed by atoms with E-state index in [2.05, 4.69) is 12.1 Å². The van der Waals surface area contributed by atoms with Gasteiger partial charge in [0.25, 0.3) is 0 Å². The van der Waals surface area contributed by atoms with Crippen LogP contribution in [-0.2, 0) is 4.75 Å². The van der Waals surface area contributed by atoms with Crippen LogP contribution in [0.25, 0.3) is 0 Å². The van der Waals surface area contributed by atoms with Crippen LogP contribution in [0.15, 0.2) is 78.9 Å². The van der Waals surface area contributed by atoms with Gasteiger partial charge in [0.05, 0.1) is 4.75 Å². The Labute approximate surface area is 146 Å². The fourth-order valence-corrected chi connectivity index (χ4v) is 3.26. The number of hydrogen-bond acceptors (Lipinski definition) is 1. The molecule has 3 rings (SSSR count). The number of hydrogen-bond donors (Lipinski definition) is 1. The van der Waals surface area contributed by atoms with Crippen molar-refractivity contribution in [3.8, 4) is 0 Å². The van der Waals surface area contributed by atoms with Crippen LogP contribution in [0.4, 0.5) is 0 Å². The van der Waals surface area contributed by atoms with Gasteiger partial charge in [-0.1, -0.05) is 77.8 Å². The molecule has 3 aromatic rings. The van der Waals surface area contributed by atoms with E-state index >= 15 is 0 Å². The summed E-state index contributed by atoms with van der Waals surface area (Å²) in [6.45, 7) is 0. The molecule has 0 nitrogen and oxygen atoms in total. The van der Waals surface area contributed by atoms with Crippen LogP contribution in [0.3, 0.4) is 0 Å². The molecule has 3 heteroatoms. The summed E-state index contributed by atoms with van der Waals surface area (Å²) < 4.78 is -0.559. The molecule has 0 amide bonds. The molecule has 0 fully saturated rings. The zero-order valence-corrected chi connectivity index (χ0v) is 14.1. The van der Waals surface area contributed by atoms with Crippen molar-refractivity contribution in [1.29, 1.82) is 0 Å². The third-order valence-corrected chi connectivity index (χ3v) is 4.99. The van der Waals surface area contributed by atoms with E-state index < -0.39 is 4.75 Å². The number of benzene rings is 3. The molecule has 0 saturated carbocycles. The smallest absolute Gasteiger partial charge is 0.0878 e. The summed E-state index contributed by atoms with van der Waals surface area (Å²) in [7, 11) is 0. The Hall–Kier alpha value is -1.41. The molecule has 0 aliphatic heterocycles. The van der Waals surface area contributed by atoms with Crippen LogP contribution in [-0.4, -0.2) is 0 Å². The summed E-state index contributed by atoms with van der Waals surface area (Å²) in [5.74, 6) is 0. The van der Waals surface area contributed by atoms with Gasteiger partial charge in [0.1, 0.15) is 0 Å². The zero-order valence-electron chi connectivity index (χ0n) is 11.7. The molecule has 0 unspecified atom stereocenters. The van der Waals surface area contributed by atoms with Crippen LogP contribution in [0.1, 0.15) is 16.7 Å². The largest absolute Gasteiger partial charge is 0.158 e. The minimum absolute atomic E-state index is 0.559. The van der Waals surface area contributed by atoms with E-state index in [1.807, 2.05) is 66.7 Å². The van der Waals surface area contributed by atoms with Crippen LogP contribution >= 0.6 is 35.8 Å². The summed E-state index contributed by atoms with van der Waals surface area (Å²) in [5.41, 5.74) is 3.23. The lowest BCUT2D eigenvalue weighted by Crippen LogP contribution is -2.22. The molecule has 22 heavy (non-hydrogen) atoms. The van der Waals surface area contributed by atoms with Crippen molar-refractivity contribution in [3.63, 3.8) is 0 Å². The maximum absolute atomic E-state index is 6.03. The van der Waals surface area contributed by atoms with Gasteiger partial charge in [-0.2, -0.15) is 12.6 Å². The normalized spacial score (nSPS) is 11.4. The Morgan fingerprint density at radius 1 is 0.545 bits per heavy atom. The lowest BCUT2D eigenvalue weighted by Gasteiger charge is -2.31. The van der Waals surface area contributed by atoms with Gasteiger partial charge >= 0.3 is 0 Å². The second-order valence-electron chi connectivity index (χ2n) is 5.09. The van der Waals surface area contributed by atoms with Gasteiger partial charge < -0.3 is 0 Å². The van der Waals surface area contributed by atoms with Crippen LogP contribution in [0, 0.1) is 0 Å². The first kappa shape index (κ1) is 15.5. The van der Waals surface area contributed by atoms with E-state index in [9.17, 15) is 0 Å². The van der Waals surface area contributed by atoms with E-state index in [1.165, 1.54) is 0 Å². The van der Waals surface area contributed by atoms with Gasteiger partial charge in [-0.05, 0) is 41.0 Å². The molecule has 0 bridgehead atoms. The highest BCUT2D eigenvalue weighted by atomic mass is 35.5. The quantitative estimate of drug-likeness (QED) is 0.423. The van der Waals surface area contributed by atoms with E-state index in [0.29, 0.717) is 10.0 Å². The van der Waals surface area contributed by atoms with Crippen molar-refractivity contribution in [2.24, 2.45) is 0 Å². The predicted molar refractivity (Wildman–Crippen MR) is 98.2 cm³/mol. The first-order valence-electron chi connectivity index (χ1n) is 6.90. The van der Waals surface area contributed by atoms with E-state index in [4.69, 9.17) is 35.8 Å². The Bertz CT molecular complexity index is 704. The molecule has 0 aliphatic carbocycles. The number of halogens is 2. The van der Waals surface area contributed by atoms with Crippen LogP contribution < -0.4 is 0 Å². The molecule has 110 valence electrons. The van der Waals surface area contributed by atoms with Crippen LogP contribution in [0.5, 0.6) is 0 Å². The summed E-state index contributed by atoms with van der Waals surface area (Å²) >= 11 is 17.1. The summed E-state index contributed by atoms with van der Waals surface area (Å²) in [4.78, 5) is 0. The molecule has 0 radical (unpaired) electrons. The zero-order chi connectivity index (χ0) is 15.6. The summed E-state index contributed by atoms with van der Waals surface area (Å²) in [6, 6.07) is 25.8. The molecule has 0 aromatic heterocycles. The first-order valence-corrected chi connectivity index (χ1v) is 8.11. The third-order valence-electron chi connectivity index (χ3n) is 3.72. The fourth-order valence-electron chi connectivity index (χ4n) is 2.56. The second kappa shape index (κ2) is 6.37. The number of thiol groups is 1. The second-order valence-corrected chi connectivity index (χ2v) is 6.63. The minimum atomic E-state index is -0.559. The lowest BCUT2D eigenvalue weighted by molar-refractivity contribution is 0.905. The van der Waals surface area contributed by atoms with Crippen molar-refractivity contribution >= 4 is 35.8 Å². The molecule has 0 spiro atoms. The first-order chi connectivity index (χ1) is 10.6. The van der Waals surface area contributed by atoms with Gasteiger partial charge in [0.15, 0.2) is 0 Å².